The van der Waals surface area contributed by atoms with E-state index in [4.69, 9.17) is 23.2 Å². The summed E-state index contributed by atoms with van der Waals surface area (Å²) in [6, 6.07) is 17.2. The van der Waals surface area contributed by atoms with Crippen molar-refractivity contribution in [1.29, 1.82) is 0 Å². The molecule has 0 spiro atoms. The number of halogens is 5. The maximum Gasteiger partial charge on any atom is 0.417 e. The second kappa shape index (κ2) is 14.2. The number of sulfonamides is 1. The summed E-state index contributed by atoms with van der Waals surface area (Å²) >= 11 is 12.2. The molecule has 3 aromatic carbocycles. The number of nitrogens with zero attached hydrogens (tertiary/aromatic N) is 2. The van der Waals surface area contributed by atoms with Gasteiger partial charge in [-0.1, -0.05) is 84.6 Å². The van der Waals surface area contributed by atoms with Gasteiger partial charge in [0.1, 0.15) is 12.6 Å². The van der Waals surface area contributed by atoms with Crippen molar-refractivity contribution in [2.75, 3.05) is 17.1 Å². The largest absolute Gasteiger partial charge is 0.417 e. The fraction of sp³-hybridized carbons (Fsp3) is 0.355. The molecule has 2 amide bonds. The molecule has 0 heterocycles. The number of carbonyl (C=O) groups is 2. The van der Waals surface area contributed by atoms with Crippen LogP contribution in [0.1, 0.15) is 42.4 Å². The molecule has 0 aromatic heterocycles. The smallest absolute Gasteiger partial charge is 0.352 e. The van der Waals surface area contributed by atoms with E-state index in [0.717, 1.165) is 49.6 Å². The van der Waals surface area contributed by atoms with Crippen LogP contribution in [0.3, 0.4) is 0 Å². The zero-order valence-corrected chi connectivity index (χ0v) is 26.2. The normalized spacial score (nSPS) is 14.7. The lowest BCUT2D eigenvalue weighted by atomic mass is 10.0. The van der Waals surface area contributed by atoms with E-state index in [2.05, 4.69) is 5.32 Å². The fourth-order valence-electron chi connectivity index (χ4n) is 5.23. The molecule has 1 N–H and O–H groups in total. The van der Waals surface area contributed by atoms with Crippen LogP contribution >= 0.6 is 23.2 Å². The molecular weight excluding hydrogens is 638 g/mol. The highest BCUT2D eigenvalue weighted by atomic mass is 35.5. The third kappa shape index (κ3) is 8.67. The molecule has 0 bridgehead atoms. The summed E-state index contributed by atoms with van der Waals surface area (Å²) in [6.45, 7) is -1.02. The Hall–Kier alpha value is -3.28. The van der Waals surface area contributed by atoms with E-state index in [1.54, 1.807) is 36.4 Å². The first-order valence-corrected chi connectivity index (χ1v) is 16.6. The van der Waals surface area contributed by atoms with Crippen molar-refractivity contribution in [2.24, 2.45) is 0 Å². The molecule has 7 nitrogen and oxygen atoms in total. The zero-order chi connectivity index (χ0) is 32.1. The van der Waals surface area contributed by atoms with Crippen molar-refractivity contribution < 1.29 is 31.2 Å². The van der Waals surface area contributed by atoms with Crippen molar-refractivity contribution in [3.8, 4) is 0 Å². The average Bonchev–Trinajstić information content (AvgIpc) is 3.47. The lowest BCUT2D eigenvalue weighted by molar-refractivity contribution is -0.140. The van der Waals surface area contributed by atoms with E-state index in [-0.39, 0.29) is 19.0 Å². The maximum atomic E-state index is 14.2. The fourth-order valence-corrected chi connectivity index (χ4v) is 6.49. The molecule has 0 aliphatic heterocycles. The Labute approximate surface area is 265 Å². The van der Waals surface area contributed by atoms with Crippen LogP contribution in [0.2, 0.25) is 10.0 Å². The van der Waals surface area contributed by atoms with Crippen LogP contribution in [0.5, 0.6) is 0 Å². The molecule has 1 atom stereocenters. The van der Waals surface area contributed by atoms with Crippen LogP contribution < -0.4 is 9.62 Å². The van der Waals surface area contributed by atoms with Crippen molar-refractivity contribution in [3.05, 3.63) is 99.5 Å². The topological polar surface area (TPSA) is 86.8 Å². The van der Waals surface area contributed by atoms with Gasteiger partial charge >= 0.3 is 6.18 Å². The van der Waals surface area contributed by atoms with Gasteiger partial charge in [0.15, 0.2) is 0 Å². The van der Waals surface area contributed by atoms with Gasteiger partial charge < -0.3 is 10.2 Å². The lowest BCUT2D eigenvalue weighted by Crippen LogP contribution is -2.54. The number of carbonyl (C=O) groups excluding carboxylic acids is 2. The van der Waals surface area contributed by atoms with Crippen LogP contribution in [-0.2, 0) is 38.8 Å². The van der Waals surface area contributed by atoms with Gasteiger partial charge in [0, 0.05) is 24.0 Å². The van der Waals surface area contributed by atoms with E-state index in [9.17, 15) is 31.2 Å². The van der Waals surface area contributed by atoms with Gasteiger partial charge in [-0.3, -0.25) is 13.9 Å². The summed E-state index contributed by atoms with van der Waals surface area (Å²) < 4.78 is 67.3. The van der Waals surface area contributed by atoms with Crippen LogP contribution in [0.15, 0.2) is 72.8 Å². The maximum absolute atomic E-state index is 14.2. The summed E-state index contributed by atoms with van der Waals surface area (Å²) in [7, 11) is -4.28. The number of nitrogens with one attached hydrogen (secondary N) is 1. The van der Waals surface area contributed by atoms with E-state index >= 15 is 0 Å². The summed E-state index contributed by atoms with van der Waals surface area (Å²) in [6.07, 6.45) is -0.468. The Kier molecular flexibility index (Phi) is 10.9. The Balaban J connectivity index is 1.76. The molecule has 44 heavy (non-hydrogen) atoms. The average molecular weight is 671 g/mol. The Morgan fingerprint density at radius 2 is 1.59 bits per heavy atom. The molecule has 0 unspecified atom stereocenters. The quantitative estimate of drug-likeness (QED) is 0.253. The molecule has 3 aromatic rings. The molecular formula is C31H32Cl2F3N3O4S. The van der Waals surface area contributed by atoms with E-state index in [1.807, 2.05) is 18.2 Å². The minimum atomic E-state index is -4.87. The molecule has 1 fully saturated rings. The predicted octanol–water partition coefficient (Wildman–Crippen LogP) is 6.48. The summed E-state index contributed by atoms with van der Waals surface area (Å²) in [5.74, 6) is -1.22. The number of anilines is 1. The van der Waals surface area contributed by atoms with E-state index in [1.165, 1.54) is 4.90 Å². The van der Waals surface area contributed by atoms with Gasteiger partial charge in [-0.05, 0) is 48.2 Å². The number of hydrogen-bond acceptors (Lipinski definition) is 4. The van der Waals surface area contributed by atoms with Gasteiger partial charge in [-0.2, -0.15) is 13.2 Å². The first-order valence-electron chi connectivity index (χ1n) is 14.0. The van der Waals surface area contributed by atoms with E-state index < -0.39 is 56.9 Å². The SMILES string of the molecule is CS(=O)(=O)N(CC(=O)N(Cc1ccccc1Cl)[C@@H](Cc1ccccc1)C(=O)NC1CCCC1)c1ccc(Cl)c(C(F)(F)F)c1. The second-order valence-electron chi connectivity index (χ2n) is 10.7. The van der Waals surface area contributed by atoms with Gasteiger partial charge in [-0.15, -0.1) is 0 Å². The molecule has 0 radical (unpaired) electrons. The van der Waals surface area contributed by atoms with Crippen LogP contribution in [0.4, 0.5) is 18.9 Å². The molecule has 13 heteroatoms. The summed E-state index contributed by atoms with van der Waals surface area (Å²) in [4.78, 5) is 29.3. The minimum absolute atomic E-state index is 0.0691. The highest BCUT2D eigenvalue weighted by Crippen LogP contribution is 2.37. The molecule has 1 saturated carbocycles. The lowest BCUT2D eigenvalue weighted by Gasteiger charge is -2.34. The second-order valence-corrected chi connectivity index (χ2v) is 13.5. The number of amides is 2. The van der Waals surface area contributed by atoms with Crippen molar-refractivity contribution in [2.45, 2.75) is 56.9 Å². The zero-order valence-electron chi connectivity index (χ0n) is 23.9. The Bertz CT molecular complexity index is 1580. The van der Waals surface area contributed by atoms with Crippen molar-refractivity contribution in [1.82, 2.24) is 10.2 Å². The van der Waals surface area contributed by atoms with Gasteiger partial charge in [0.25, 0.3) is 0 Å². The predicted molar refractivity (Wildman–Crippen MR) is 165 cm³/mol. The minimum Gasteiger partial charge on any atom is -0.352 e. The van der Waals surface area contributed by atoms with Crippen molar-refractivity contribution in [3.63, 3.8) is 0 Å². The summed E-state index contributed by atoms with van der Waals surface area (Å²) in [5, 5.41) is 2.75. The van der Waals surface area contributed by atoms with Gasteiger partial charge in [0.2, 0.25) is 21.8 Å². The molecule has 236 valence electrons. The highest BCUT2D eigenvalue weighted by molar-refractivity contribution is 7.92. The number of hydrogen-bond donors (Lipinski definition) is 1. The highest BCUT2D eigenvalue weighted by Gasteiger charge is 2.37. The molecule has 0 saturated heterocycles. The third-order valence-electron chi connectivity index (χ3n) is 7.49. The van der Waals surface area contributed by atoms with E-state index in [0.29, 0.717) is 21.0 Å². The van der Waals surface area contributed by atoms with Crippen molar-refractivity contribution >= 4 is 50.7 Å². The van der Waals surface area contributed by atoms with Crippen LogP contribution in [0.25, 0.3) is 0 Å². The first-order chi connectivity index (χ1) is 20.7. The number of rotatable bonds is 11. The monoisotopic (exact) mass is 669 g/mol. The van der Waals surface area contributed by atoms with Crippen LogP contribution in [0, 0.1) is 0 Å². The number of alkyl halides is 3. The first kappa shape index (κ1) is 33.6. The molecule has 1 aliphatic carbocycles. The third-order valence-corrected chi connectivity index (χ3v) is 9.33. The standard InChI is InChI=1S/C31H32Cl2F3N3O4S/c1-44(42,43)39(24-15-16-27(33)25(18-24)31(34,35)36)20-29(40)38(19-22-11-5-8-14-26(22)32)28(17-21-9-3-2-4-10-21)30(41)37-23-12-6-7-13-23/h2-5,8-11,14-16,18,23,28H,6-7,12-13,17,19-20H2,1H3,(H,37,41)/t28-/m0/s1. The van der Waals surface area contributed by atoms with Gasteiger partial charge in [-0.25, -0.2) is 8.42 Å². The number of benzene rings is 3. The van der Waals surface area contributed by atoms with Crippen LogP contribution in [-0.4, -0.2) is 50.0 Å². The molecule has 4 rings (SSSR count). The molecule has 1 aliphatic rings. The van der Waals surface area contributed by atoms with Gasteiger partial charge in [0.05, 0.1) is 22.5 Å². The summed E-state index contributed by atoms with van der Waals surface area (Å²) in [5.41, 5.74) is -0.386. The Morgan fingerprint density at radius 3 is 2.20 bits per heavy atom. The Morgan fingerprint density at radius 1 is 0.955 bits per heavy atom.